The topological polar surface area (TPSA) is 63.3 Å². The first-order valence-electron chi connectivity index (χ1n) is 11.1. The van der Waals surface area contributed by atoms with E-state index in [0.717, 1.165) is 51.4 Å². The first-order valence-corrected chi connectivity index (χ1v) is 11.1. The van der Waals surface area contributed by atoms with Gasteiger partial charge in [-0.15, -0.1) is 0 Å². The Labute approximate surface area is 191 Å². The smallest absolute Gasteiger partial charge is 0.251 e. The van der Waals surface area contributed by atoms with Crippen molar-refractivity contribution in [2.24, 2.45) is 0 Å². The number of nitrogens with zero attached hydrogens (tertiary/aromatic N) is 2. The van der Waals surface area contributed by atoms with E-state index in [4.69, 9.17) is 14.2 Å². The number of hydrogen-bond donors (Lipinski definition) is 1. The van der Waals surface area contributed by atoms with E-state index in [9.17, 15) is 4.79 Å². The summed E-state index contributed by atoms with van der Waals surface area (Å²) in [5, 5.41) is 3.14. The van der Waals surface area contributed by atoms with Crippen molar-refractivity contribution in [3.8, 4) is 17.2 Å². The molecule has 1 atom stereocenters. The lowest BCUT2D eigenvalue weighted by atomic mass is 10.1. The molecule has 1 aliphatic rings. The molecular formula is C25H35N3O4. The number of rotatable bonds is 11. The molecule has 0 aliphatic carbocycles. The van der Waals surface area contributed by atoms with Crippen LogP contribution in [0.5, 0.6) is 17.2 Å². The zero-order valence-corrected chi connectivity index (χ0v) is 19.6. The van der Waals surface area contributed by atoms with Crippen molar-refractivity contribution in [1.82, 2.24) is 15.1 Å². The van der Waals surface area contributed by atoms with Gasteiger partial charge in [0.15, 0.2) is 11.5 Å². The normalized spacial score (nSPS) is 16.2. The van der Waals surface area contributed by atoms with Crippen molar-refractivity contribution in [3.05, 3.63) is 53.6 Å². The van der Waals surface area contributed by atoms with Crippen LogP contribution in [0.1, 0.15) is 28.8 Å². The van der Waals surface area contributed by atoms with Gasteiger partial charge < -0.3 is 24.4 Å². The van der Waals surface area contributed by atoms with Crippen LogP contribution in [-0.2, 0) is 6.54 Å². The van der Waals surface area contributed by atoms with Crippen molar-refractivity contribution >= 4 is 5.91 Å². The zero-order valence-electron chi connectivity index (χ0n) is 19.6. The van der Waals surface area contributed by atoms with E-state index >= 15 is 0 Å². The summed E-state index contributed by atoms with van der Waals surface area (Å²) >= 11 is 0. The number of likely N-dealkylation sites (tertiary alicyclic amines) is 1. The van der Waals surface area contributed by atoms with Gasteiger partial charge in [-0.3, -0.25) is 9.69 Å². The first-order chi connectivity index (χ1) is 15.5. The van der Waals surface area contributed by atoms with Gasteiger partial charge in [-0.2, -0.15) is 0 Å². The molecule has 0 spiro atoms. The number of carbonyl (C=O) groups excluding carboxylic acids is 1. The Morgan fingerprint density at radius 1 is 1.09 bits per heavy atom. The minimum Gasteiger partial charge on any atom is -0.494 e. The molecule has 0 aromatic heterocycles. The molecule has 0 radical (unpaired) electrons. The quantitative estimate of drug-likeness (QED) is 0.541. The van der Waals surface area contributed by atoms with Crippen LogP contribution in [0.3, 0.4) is 0 Å². The van der Waals surface area contributed by atoms with E-state index in [2.05, 4.69) is 41.3 Å². The Bertz CT molecular complexity index is 870. The van der Waals surface area contributed by atoms with E-state index in [1.807, 2.05) is 12.1 Å². The summed E-state index contributed by atoms with van der Waals surface area (Å²) in [6.45, 7) is 4.41. The molecule has 1 heterocycles. The predicted molar refractivity (Wildman–Crippen MR) is 126 cm³/mol. The van der Waals surface area contributed by atoms with Gasteiger partial charge >= 0.3 is 0 Å². The highest BCUT2D eigenvalue weighted by Gasteiger charge is 2.24. The highest BCUT2D eigenvalue weighted by Crippen LogP contribution is 2.27. The molecule has 7 heteroatoms. The van der Waals surface area contributed by atoms with Gasteiger partial charge in [-0.25, -0.2) is 0 Å². The molecular weight excluding hydrogens is 406 g/mol. The molecule has 1 N–H and O–H groups in total. The van der Waals surface area contributed by atoms with E-state index in [0.29, 0.717) is 17.1 Å². The second kappa shape index (κ2) is 11.7. The second-order valence-corrected chi connectivity index (χ2v) is 8.41. The second-order valence-electron chi connectivity index (χ2n) is 8.41. The largest absolute Gasteiger partial charge is 0.494 e. The van der Waals surface area contributed by atoms with E-state index < -0.39 is 0 Å². The predicted octanol–water partition coefficient (Wildman–Crippen LogP) is 3.04. The highest BCUT2D eigenvalue weighted by molar-refractivity contribution is 5.95. The third-order valence-corrected chi connectivity index (χ3v) is 5.60. The summed E-state index contributed by atoms with van der Waals surface area (Å²) in [5.41, 5.74) is 1.82. The Hall–Kier alpha value is -2.77. The molecule has 2 aromatic rings. The highest BCUT2D eigenvalue weighted by atomic mass is 16.5. The SMILES string of the molecule is COc1ccc(C(=O)N[C@H]2CCN(Cc3ccc(OCCCN(C)C)cc3)C2)cc1OC. The van der Waals surface area contributed by atoms with Crippen molar-refractivity contribution < 1.29 is 19.0 Å². The maximum absolute atomic E-state index is 12.7. The maximum Gasteiger partial charge on any atom is 0.251 e. The summed E-state index contributed by atoms with van der Waals surface area (Å²) in [4.78, 5) is 17.2. The van der Waals surface area contributed by atoms with E-state index in [1.54, 1.807) is 32.4 Å². The molecule has 32 heavy (non-hydrogen) atoms. The number of benzene rings is 2. The minimum atomic E-state index is -0.0893. The molecule has 174 valence electrons. The fourth-order valence-electron chi connectivity index (χ4n) is 3.86. The van der Waals surface area contributed by atoms with Crippen LogP contribution in [0.2, 0.25) is 0 Å². The first kappa shape index (κ1) is 23.9. The van der Waals surface area contributed by atoms with Gasteiger partial charge in [-0.1, -0.05) is 12.1 Å². The molecule has 2 aromatic carbocycles. The van der Waals surface area contributed by atoms with Gasteiger partial charge in [0.25, 0.3) is 5.91 Å². The van der Waals surface area contributed by atoms with Gasteiger partial charge in [0.1, 0.15) is 5.75 Å². The van der Waals surface area contributed by atoms with Crippen LogP contribution in [0.15, 0.2) is 42.5 Å². The van der Waals surface area contributed by atoms with Crippen molar-refractivity contribution in [1.29, 1.82) is 0 Å². The van der Waals surface area contributed by atoms with Crippen LogP contribution in [0.25, 0.3) is 0 Å². The lowest BCUT2D eigenvalue weighted by Gasteiger charge is -2.17. The Kier molecular flexibility index (Phi) is 8.76. The number of carbonyl (C=O) groups is 1. The van der Waals surface area contributed by atoms with Crippen LogP contribution in [0, 0.1) is 0 Å². The Balaban J connectivity index is 1.45. The number of methoxy groups -OCH3 is 2. The summed E-state index contributed by atoms with van der Waals surface area (Å²) in [6.07, 6.45) is 1.95. The van der Waals surface area contributed by atoms with E-state index in [1.165, 1.54) is 5.56 Å². The molecule has 1 fully saturated rings. The zero-order chi connectivity index (χ0) is 22.9. The third kappa shape index (κ3) is 6.87. The Morgan fingerprint density at radius 2 is 1.84 bits per heavy atom. The van der Waals surface area contributed by atoms with E-state index in [-0.39, 0.29) is 11.9 Å². The van der Waals surface area contributed by atoms with Crippen molar-refractivity contribution in [3.63, 3.8) is 0 Å². The van der Waals surface area contributed by atoms with Crippen LogP contribution >= 0.6 is 0 Å². The number of nitrogens with one attached hydrogen (secondary N) is 1. The monoisotopic (exact) mass is 441 g/mol. The Morgan fingerprint density at radius 3 is 2.53 bits per heavy atom. The molecule has 0 bridgehead atoms. The van der Waals surface area contributed by atoms with Gasteiger partial charge in [0.2, 0.25) is 0 Å². The molecule has 3 rings (SSSR count). The lowest BCUT2D eigenvalue weighted by molar-refractivity contribution is 0.0937. The third-order valence-electron chi connectivity index (χ3n) is 5.60. The average molecular weight is 442 g/mol. The summed E-state index contributed by atoms with van der Waals surface area (Å²) in [7, 11) is 7.29. The van der Waals surface area contributed by atoms with Crippen molar-refractivity contribution in [2.75, 3.05) is 54.6 Å². The average Bonchev–Trinajstić information content (AvgIpc) is 3.23. The van der Waals surface area contributed by atoms with Crippen LogP contribution in [-0.4, -0.2) is 76.3 Å². The summed E-state index contributed by atoms with van der Waals surface area (Å²) in [6, 6.07) is 13.7. The fourth-order valence-corrected chi connectivity index (χ4v) is 3.86. The van der Waals surface area contributed by atoms with Crippen LogP contribution < -0.4 is 19.5 Å². The standard InChI is InChI=1S/C25H35N3O4/c1-27(2)13-5-15-32-22-9-6-19(7-10-22)17-28-14-12-21(18-28)26-25(29)20-8-11-23(30-3)24(16-20)31-4/h6-11,16,21H,5,12-15,17-18H2,1-4H3,(H,26,29)/t21-/m0/s1. The number of amides is 1. The lowest BCUT2D eigenvalue weighted by Crippen LogP contribution is -2.37. The molecule has 1 amide bonds. The minimum absolute atomic E-state index is 0.0893. The maximum atomic E-state index is 12.7. The molecule has 1 aliphatic heterocycles. The summed E-state index contributed by atoms with van der Waals surface area (Å²) < 4.78 is 16.4. The van der Waals surface area contributed by atoms with Gasteiger partial charge in [-0.05, 0) is 62.8 Å². The number of ether oxygens (including phenoxy) is 3. The van der Waals surface area contributed by atoms with Gasteiger partial charge in [0, 0.05) is 37.8 Å². The van der Waals surface area contributed by atoms with Crippen LogP contribution in [0.4, 0.5) is 0 Å². The summed E-state index contributed by atoms with van der Waals surface area (Å²) in [5.74, 6) is 1.99. The van der Waals surface area contributed by atoms with Gasteiger partial charge in [0.05, 0.1) is 20.8 Å². The molecule has 0 unspecified atom stereocenters. The molecule has 1 saturated heterocycles. The fraction of sp³-hybridized carbons (Fsp3) is 0.480. The number of hydrogen-bond acceptors (Lipinski definition) is 6. The van der Waals surface area contributed by atoms with Crippen molar-refractivity contribution in [2.45, 2.75) is 25.4 Å². The molecule has 0 saturated carbocycles. The molecule has 7 nitrogen and oxygen atoms in total.